The van der Waals surface area contributed by atoms with Gasteiger partial charge in [0.2, 0.25) is 11.3 Å². The number of para-hydroxylation sites is 1. The number of methoxy groups -OCH3 is 1. The number of ether oxygens (including phenoxy) is 1. The molecule has 0 saturated carbocycles. The number of pyridine rings is 1. The van der Waals surface area contributed by atoms with Gasteiger partial charge in [-0.05, 0) is 18.2 Å². The second-order valence-corrected chi connectivity index (χ2v) is 3.63. The number of aromatic nitrogens is 1. The highest BCUT2D eigenvalue weighted by molar-refractivity contribution is 5.87. The van der Waals surface area contributed by atoms with Gasteiger partial charge in [-0.15, -0.1) is 0 Å². The Morgan fingerprint density at radius 3 is 2.76 bits per heavy atom. The number of hydrogen-bond donors (Lipinski definition) is 0. The van der Waals surface area contributed by atoms with Crippen molar-refractivity contribution in [3.05, 3.63) is 46.6 Å². The summed E-state index contributed by atoms with van der Waals surface area (Å²) in [5, 5.41) is 0.528. The third-order valence-corrected chi connectivity index (χ3v) is 2.61. The molecule has 0 atom stereocenters. The molecule has 0 unspecified atom stereocenters. The zero-order valence-electron chi connectivity index (χ0n) is 9.14. The van der Waals surface area contributed by atoms with Crippen LogP contribution in [0.15, 0.2) is 45.6 Å². The third-order valence-electron chi connectivity index (χ3n) is 2.61. The standard InChI is InChI=1S/C13H9NO3/c1-16-11-7-6-10-12(14-11)13(15)8-4-2-3-5-9(8)17-10/h2-7H,1H3. The van der Waals surface area contributed by atoms with E-state index < -0.39 is 0 Å². The van der Waals surface area contributed by atoms with E-state index in [1.165, 1.54) is 7.11 Å². The zero-order valence-corrected chi connectivity index (χ0v) is 9.14. The van der Waals surface area contributed by atoms with Crippen molar-refractivity contribution in [3.8, 4) is 5.88 Å². The molecule has 0 aliphatic rings. The Labute approximate surface area is 96.5 Å². The summed E-state index contributed by atoms with van der Waals surface area (Å²) in [6, 6.07) is 10.5. The summed E-state index contributed by atoms with van der Waals surface area (Å²) in [7, 11) is 1.51. The van der Waals surface area contributed by atoms with Crippen molar-refractivity contribution in [3.63, 3.8) is 0 Å². The Balaban J connectivity index is 2.51. The quantitative estimate of drug-likeness (QED) is 0.599. The molecule has 0 saturated heterocycles. The first-order valence-corrected chi connectivity index (χ1v) is 5.16. The van der Waals surface area contributed by atoms with Gasteiger partial charge < -0.3 is 9.15 Å². The minimum atomic E-state index is -0.138. The molecule has 0 amide bonds. The largest absolute Gasteiger partial charge is 0.481 e. The van der Waals surface area contributed by atoms with E-state index in [2.05, 4.69) is 4.98 Å². The van der Waals surface area contributed by atoms with Gasteiger partial charge in [-0.3, -0.25) is 4.79 Å². The summed E-state index contributed by atoms with van der Waals surface area (Å²) in [5.74, 6) is 0.403. The molecule has 2 heterocycles. The van der Waals surface area contributed by atoms with Crippen molar-refractivity contribution in [2.45, 2.75) is 0 Å². The van der Waals surface area contributed by atoms with Crippen LogP contribution >= 0.6 is 0 Å². The average Bonchev–Trinajstić information content (AvgIpc) is 2.39. The molecule has 1 aromatic carbocycles. The van der Waals surface area contributed by atoms with Crippen LogP contribution in [0.4, 0.5) is 0 Å². The Kier molecular flexibility index (Phi) is 2.08. The summed E-state index contributed by atoms with van der Waals surface area (Å²) in [5.41, 5.74) is 1.19. The van der Waals surface area contributed by atoms with E-state index in [1.54, 1.807) is 30.3 Å². The van der Waals surface area contributed by atoms with Crippen LogP contribution in [0.3, 0.4) is 0 Å². The van der Waals surface area contributed by atoms with Crippen LogP contribution in [0.1, 0.15) is 0 Å². The topological polar surface area (TPSA) is 52.3 Å². The molecule has 0 bridgehead atoms. The molecule has 2 aromatic heterocycles. The average molecular weight is 227 g/mol. The van der Waals surface area contributed by atoms with Gasteiger partial charge in [0.1, 0.15) is 5.58 Å². The fourth-order valence-corrected chi connectivity index (χ4v) is 1.78. The summed E-state index contributed by atoms with van der Waals surface area (Å²) in [6.07, 6.45) is 0. The molecule has 0 spiro atoms. The lowest BCUT2D eigenvalue weighted by Crippen LogP contribution is -2.04. The van der Waals surface area contributed by atoms with Crippen LogP contribution < -0.4 is 10.2 Å². The lowest BCUT2D eigenvalue weighted by Gasteiger charge is -2.02. The molecule has 3 aromatic rings. The van der Waals surface area contributed by atoms with E-state index in [9.17, 15) is 4.79 Å². The van der Waals surface area contributed by atoms with Gasteiger partial charge in [0.15, 0.2) is 11.1 Å². The van der Waals surface area contributed by atoms with Gasteiger partial charge in [0.25, 0.3) is 0 Å². The highest BCUT2D eigenvalue weighted by Gasteiger charge is 2.08. The van der Waals surface area contributed by atoms with Crippen molar-refractivity contribution >= 4 is 22.1 Å². The van der Waals surface area contributed by atoms with Crippen LogP contribution in [-0.4, -0.2) is 12.1 Å². The van der Waals surface area contributed by atoms with Crippen LogP contribution in [0, 0.1) is 0 Å². The molecule has 0 aliphatic heterocycles. The Bertz CT molecular complexity index is 761. The van der Waals surface area contributed by atoms with Gasteiger partial charge in [0.05, 0.1) is 12.5 Å². The second-order valence-electron chi connectivity index (χ2n) is 3.63. The molecule has 0 radical (unpaired) electrons. The maximum Gasteiger partial charge on any atom is 0.219 e. The maximum absolute atomic E-state index is 12.2. The number of benzene rings is 1. The Morgan fingerprint density at radius 2 is 1.94 bits per heavy atom. The van der Waals surface area contributed by atoms with Crippen LogP contribution in [-0.2, 0) is 0 Å². The van der Waals surface area contributed by atoms with Crippen LogP contribution in [0.2, 0.25) is 0 Å². The maximum atomic E-state index is 12.2. The minimum Gasteiger partial charge on any atom is -0.481 e. The Morgan fingerprint density at radius 1 is 1.12 bits per heavy atom. The van der Waals surface area contributed by atoms with Crippen molar-refractivity contribution in [2.75, 3.05) is 7.11 Å². The third kappa shape index (κ3) is 1.45. The van der Waals surface area contributed by atoms with Gasteiger partial charge in [-0.2, -0.15) is 0 Å². The predicted molar refractivity (Wildman–Crippen MR) is 64.3 cm³/mol. The van der Waals surface area contributed by atoms with E-state index >= 15 is 0 Å². The molecule has 17 heavy (non-hydrogen) atoms. The van der Waals surface area contributed by atoms with Crippen molar-refractivity contribution < 1.29 is 9.15 Å². The van der Waals surface area contributed by atoms with Crippen molar-refractivity contribution in [1.82, 2.24) is 4.98 Å². The molecular formula is C13H9NO3. The number of hydrogen-bond acceptors (Lipinski definition) is 4. The molecule has 0 fully saturated rings. The fourth-order valence-electron chi connectivity index (χ4n) is 1.78. The van der Waals surface area contributed by atoms with Crippen LogP contribution in [0.25, 0.3) is 22.1 Å². The zero-order chi connectivity index (χ0) is 11.8. The van der Waals surface area contributed by atoms with E-state index in [0.717, 1.165) is 0 Å². The molecule has 0 N–H and O–H groups in total. The highest BCUT2D eigenvalue weighted by Crippen LogP contribution is 2.19. The van der Waals surface area contributed by atoms with Crippen LogP contribution in [0.5, 0.6) is 5.88 Å². The summed E-state index contributed by atoms with van der Waals surface area (Å²) < 4.78 is 10.6. The van der Waals surface area contributed by atoms with E-state index in [0.29, 0.717) is 27.9 Å². The molecule has 4 heteroatoms. The monoisotopic (exact) mass is 227 g/mol. The second kappa shape index (κ2) is 3.59. The van der Waals surface area contributed by atoms with Crippen molar-refractivity contribution in [1.29, 1.82) is 0 Å². The highest BCUT2D eigenvalue weighted by atomic mass is 16.5. The summed E-state index contributed by atoms with van der Waals surface area (Å²) in [4.78, 5) is 16.3. The molecule has 0 aliphatic carbocycles. The first-order valence-electron chi connectivity index (χ1n) is 5.16. The van der Waals surface area contributed by atoms with Gasteiger partial charge >= 0.3 is 0 Å². The fraction of sp³-hybridized carbons (Fsp3) is 0.0769. The number of rotatable bonds is 1. The van der Waals surface area contributed by atoms with Gasteiger partial charge in [-0.1, -0.05) is 12.1 Å². The summed E-state index contributed by atoms with van der Waals surface area (Å²) in [6.45, 7) is 0. The number of nitrogens with zero attached hydrogens (tertiary/aromatic N) is 1. The first-order chi connectivity index (χ1) is 8.29. The predicted octanol–water partition coefficient (Wildman–Crippen LogP) is 2.35. The number of fused-ring (bicyclic) bond motifs is 2. The van der Waals surface area contributed by atoms with Crippen molar-refractivity contribution in [2.24, 2.45) is 0 Å². The first kappa shape index (κ1) is 9.84. The normalized spacial score (nSPS) is 10.9. The lowest BCUT2D eigenvalue weighted by atomic mass is 10.2. The van der Waals surface area contributed by atoms with Gasteiger partial charge in [-0.25, -0.2) is 4.98 Å². The Hall–Kier alpha value is -2.36. The summed E-state index contributed by atoms with van der Waals surface area (Å²) >= 11 is 0. The molecule has 84 valence electrons. The SMILES string of the molecule is COc1ccc2oc3ccccc3c(=O)c2n1. The minimum absolute atomic E-state index is 0.138. The van der Waals surface area contributed by atoms with E-state index in [1.807, 2.05) is 6.07 Å². The molecular weight excluding hydrogens is 218 g/mol. The lowest BCUT2D eigenvalue weighted by molar-refractivity contribution is 0.399. The van der Waals surface area contributed by atoms with Gasteiger partial charge in [0, 0.05) is 6.07 Å². The molecule has 4 nitrogen and oxygen atoms in total. The van der Waals surface area contributed by atoms with E-state index in [-0.39, 0.29) is 5.43 Å². The smallest absolute Gasteiger partial charge is 0.219 e. The van der Waals surface area contributed by atoms with E-state index in [4.69, 9.17) is 9.15 Å². The molecule has 3 rings (SSSR count).